The van der Waals surface area contributed by atoms with E-state index in [0.29, 0.717) is 11.4 Å². The first kappa shape index (κ1) is 17.6. The van der Waals surface area contributed by atoms with Crippen LogP contribution in [0.4, 0.5) is 28.4 Å². The molecule has 4 nitrogen and oxygen atoms in total. The molecular formula is C24H20N4. The van der Waals surface area contributed by atoms with E-state index in [1.807, 2.05) is 37.4 Å². The predicted octanol–water partition coefficient (Wildman–Crippen LogP) is 6.70. The number of nitrogens with zero attached hydrogens (tertiary/aromatic N) is 4. The van der Waals surface area contributed by atoms with Crippen LogP contribution in [0.1, 0.15) is 12.5 Å². The fourth-order valence-corrected chi connectivity index (χ4v) is 3.92. The second-order valence-electron chi connectivity index (χ2n) is 7.00. The molecule has 1 aliphatic rings. The molecule has 3 aromatic carbocycles. The third kappa shape index (κ3) is 2.59. The largest absolute Gasteiger partial charge is 0.354 e. The molecule has 3 aromatic rings. The summed E-state index contributed by atoms with van der Waals surface area (Å²) in [5.74, 6) is 0. The number of aryl methyl sites for hydroxylation is 1. The summed E-state index contributed by atoms with van der Waals surface area (Å²) in [4.78, 5) is 11.6. The molecule has 0 saturated carbocycles. The molecule has 0 fully saturated rings. The predicted molar refractivity (Wildman–Crippen MR) is 116 cm³/mol. The summed E-state index contributed by atoms with van der Waals surface area (Å²) in [5.41, 5.74) is 7.39. The third-order valence-electron chi connectivity index (χ3n) is 5.45. The van der Waals surface area contributed by atoms with Gasteiger partial charge in [-0.25, -0.2) is 0 Å². The van der Waals surface area contributed by atoms with Crippen LogP contribution in [0.5, 0.6) is 0 Å². The molecule has 0 N–H and O–H groups in total. The molecule has 136 valence electrons. The van der Waals surface area contributed by atoms with Crippen molar-refractivity contribution < 1.29 is 0 Å². The SMILES string of the molecule is [C-]#[N+]c1cc2c(cc1[N+]#[C-])N(c1c(C)cccc1-c1ccccc1)[C@@H](C)N2C. The maximum Gasteiger partial charge on any atom is 0.196 e. The summed E-state index contributed by atoms with van der Waals surface area (Å²) in [6.07, 6.45) is 0.0677. The van der Waals surface area contributed by atoms with Crippen molar-refractivity contribution in [2.24, 2.45) is 0 Å². The van der Waals surface area contributed by atoms with E-state index in [1.54, 1.807) is 0 Å². The first-order valence-electron chi connectivity index (χ1n) is 9.17. The van der Waals surface area contributed by atoms with Gasteiger partial charge in [-0.3, -0.25) is 9.69 Å². The minimum Gasteiger partial charge on any atom is -0.354 e. The van der Waals surface area contributed by atoms with Gasteiger partial charge in [-0.05, 0) is 37.1 Å². The Labute approximate surface area is 165 Å². The highest BCUT2D eigenvalue weighted by Crippen LogP contribution is 2.51. The maximum atomic E-state index is 7.49. The van der Waals surface area contributed by atoms with E-state index in [-0.39, 0.29) is 6.17 Å². The first-order chi connectivity index (χ1) is 13.6. The lowest BCUT2D eigenvalue weighted by Gasteiger charge is -2.31. The van der Waals surface area contributed by atoms with Gasteiger partial charge >= 0.3 is 0 Å². The number of anilines is 3. The molecule has 4 heteroatoms. The van der Waals surface area contributed by atoms with Crippen molar-refractivity contribution in [2.45, 2.75) is 20.0 Å². The van der Waals surface area contributed by atoms with Gasteiger partial charge in [-0.1, -0.05) is 48.5 Å². The minimum absolute atomic E-state index is 0.0677. The summed E-state index contributed by atoms with van der Waals surface area (Å²) in [7, 11) is 2.04. The van der Waals surface area contributed by atoms with E-state index in [1.165, 1.54) is 5.56 Å². The van der Waals surface area contributed by atoms with Crippen LogP contribution >= 0.6 is 0 Å². The van der Waals surface area contributed by atoms with E-state index in [4.69, 9.17) is 13.1 Å². The van der Waals surface area contributed by atoms with Gasteiger partial charge in [0.25, 0.3) is 0 Å². The zero-order chi connectivity index (χ0) is 19.8. The molecule has 0 saturated heterocycles. The van der Waals surface area contributed by atoms with E-state index in [0.717, 1.165) is 28.2 Å². The number of hydrogen-bond acceptors (Lipinski definition) is 2. The molecule has 1 atom stereocenters. The van der Waals surface area contributed by atoms with Gasteiger partial charge in [-0.2, -0.15) is 0 Å². The zero-order valence-corrected chi connectivity index (χ0v) is 16.1. The average molecular weight is 364 g/mol. The number of hydrogen-bond donors (Lipinski definition) is 0. The fourth-order valence-electron chi connectivity index (χ4n) is 3.92. The second-order valence-corrected chi connectivity index (χ2v) is 7.00. The van der Waals surface area contributed by atoms with Crippen LogP contribution in [0.15, 0.2) is 60.7 Å². The van der Waals surface area contributed by atoms with E-state index >= 15 is 0 Å². The average Bonchev–Trinajstić information content (AvgIpc) is 2.97. The Morgan fingerprint density at radius 3 is 2.14 bits per heavy atom. The van der Waals surface area contributed by atoms with Crippen LogP contribution in [0.3, 0.4) is 0 Å². The highest BCUT2D eigenvalue weighted by atomic mass is 15.4. The molecule has 0 unspecified atom stereocenters. The van der Waals surface area contributed by atoms with E-state index in [9.17, 15) is 0 Å². The Balaban J connectivity index is 1.99. The topological polar surface area (TPSA) is 15.2 Å². The van der Waals surface area contributed by atoms with Gasteiger partial charge in [-0.15, -0.1) is 0 Å². The van der Waals surface area contributed by atoms with Crippen molar-refractivity contribution >= 4 is 28.4 Å². The van der Waals surface area contributed by atoms with Crippen LogP contribution in [0.25, 0.3) is 20.8 Å². The van der Waals surface area contributed by atoms with Gasteiger partial charge < -0.3 is 9.80 Å². The van der Waals surface area contributed by atoms with Crippen LogP contribution < -0.4 is 9.80 Å². The number of rotatable bonds is 2. The minimum atomic E-state index is 0.0677. The Hall–Kier alpha value is -3.76. The summed E-state index contributed by atoms with van der Waals surface area (Å²) in [6.45, 7) is 19.2. The zero-order valence-electron chi connectivity index (χ0n) is 16.1. The van der Waals surface area contributed by atoms with Gasteiger partial charge in [0.15, 0.2) is 11.4 Å². The second kappa shape index (κ2) is 6.76. The number of benzene rings is 3. The highest BCUT2D eigenvalue weighted by Gasteiger charge is 2.34. The quantitative estimate of drug-likeness (QED) is 0.470. The van der Waals surface area contributed by atoms with Gasteiger partial charge in [0, 0.05) is 18.3 Å². The van der Waals surface area contributed by atoms with Crippen molar-refractivity contribution in [1.29, 1.82) is 0 Å². The molecule has 0 spiro atoms. The lowest BCUT2D eigenvalue weighted by molar-refractivity contribution is 0.733. The van der Waals surface area contributed by atoms with Crippen LogP contribution in [-0.4, -0.2) is 13.2 Å². The lowest BCUT2D eigenvalue weighted by Crippen LogP contribution is -2.36. The van der Waals surface area contributed by atoms with Crippen molar-refractivity contribution in [3.8, 4) is 11.1 Å². The monoisotopic (exact) mass is 364 g/mol. The van der Waals surface area contributed by atoms with Gasteiger partial charge in [0.1, 0.15) is 6.17 Å². The van der Waals surface area contributed by atoms with Crippen LogP contribution in [-0.2, 0) is 0 Å². The Bertz CT molecular complexity index is 1140. The molecule has 1 aliphatic heterocycles. The Kier molecular flexibility index (Phi) is 4.26. The van der Waals surface area contributed by atoms with Crippen LogP contribution in [0.2, 0.25) is 0 Å². The number of para-hydroxylation sites is 1. The Morgan fingerprint density at radius 2 is 1.50 bits per heavy atom. The number of fused-ring (bicyclic) bond motifs is 1. The van der Waals surface area contributed by atoms with Crippen molar-refractivity contribution in [3.63, 3.8) is 0 Å². The molecule has 0 radical (unpaired) electrons. The molecule has 0 amide bonds. The van der Waals surface area contributed by atoms with Crippen LogP contribution in [0, 0.1) is 20.1 Å². The fraction of sp³-hybridized carbons (Fsp3) is 0.167. The van der Waals surface area contributed by atoms with E-state index < -0.39 is 0 Å². The normalized spacial score (nSPS) is 15.1. The maximum absolute atomic E-state index is 7.49. The standard InChI is InChI=1S/C24H20N4/c1-16-10-9-13-19(18-11-7-6-8-12-18)24(16)28-17(2)27(5)22-14-20(25-3)21(26-4)15-23(22)28/h6-15,17H,1-2,5H3/t17-/m0/s1. The summed E-state index contributed by atoms with van der Waals surface area (Å²) >= 11 is 0. The van der Waals surface area contributed by atoms with Crippen molar-refractivity contribution in [2.75, 3.05) is 16.8 Å². The summed E-state index contributed by atoms with van der Waals surface area (Å²) in [6, 6.07) is 20.4. The smallest absolute Gasteiger partial charge is 0.196 e. The Morgan fingerprint density at radius 1 is 0.857 bits per heavy atom. The molecule has 1 heterocycles. The first-order valence-corrected chi connectivity index (χ1v) is 9.17. The molecular weight excluding hydrogens is 344 g/mol. The van der Waals surface area contributed by atoms with Gasteiger partial charge in [0.2, 0.25) is 0 Å². The summed E-state index contributed by atoms with van der Waals surface area (Å²) < 4.78 is 0. The highest BCUT2D eigenvalue weighted by molar-refractivity contribution is 5.95. The molecule has 0 aromatic heterocycles. The van der Waals surface area contributed by atoms with Crippen molar-refractivity contribution in [3.05, 3.63) is 89.1 Å². The molecule has 0 aliphatic carbocycles. The lowest BCUT2D eigenvalue weighted by atomic mass is 9.99. The molecule has 4 rings (SSSR count). The molecule has 28 heavy (non-hydrogen) atoms. The molecule has 0 bridgehead atoms. The van der Waals surface area contributed by atoms with Gasteiger partial charge in [0.05, 0.1) is 24.5 Å². The summed E-state index contributed by atoms with van der Waals surface area (Å²) in [5, 5.41) is 0. The third-order valence-corrected chi connectivity index (χ3v) is 5.45. The van der Waals surface area contributed by atoms with E-state index in [2.05, 4.69) is 63.7 Å². The van der Waals surface area contributed by atoms with Crippen molar-refractivity contribution in [1.82, 2.24) is 0 Å².